The van der Waals surface area contributed by atoms with Gasteiger partial charge in [-0.25, -0.2) is 8.42 Å². The quantitative estimate of drug-likeness (QED) is 0.852. The van der Waals surface area contributed by atoms with Gasteiger partial charge in [0.05, 0.1) is 10.6 Å². The Bertz CT molecular complexity index is 977. The van der Waals surface area contributed by atoms with Crippen LogP contribution in [0, 0.1) is 6.92 Å². The summed E-state index contributed by atoms with van der Waals surface area (Å²) in [6, 6.07) is 12.5. The monoisotopic (exact) mass is 398 g/mol. The molecule has 1 amide bonds. The second kappa shape index (κ2) is 7.59. The maximum Gasteiger partial charge on any atom is 0.264 e. The second-order valence-electron chi connectivity index (χ2n) is 7.79. The van der Waals surface area contributed by atoms with Crippen LogP contribution in [-0.2, 0) is 16.4 Å². The van der Waals surface area contributed by atoms with Crippen molar-refractivity contribution < 1.29 is 13.2 Å². The van der Waals surface area contributed by atoms with Crippen molar-refractivity contribution in [3.63, 3.8) is 0 Å². The van der Waals surface area contributed by atoms with Crippen LogP contribution in [0.1, 0.15) is 53.6 Å². The largest absolute Gasteiger partial charge is 0.349 e. The van der Waals surface area contributed by atoms with Crippen LogP contribution in [0.4, 0.5) is 5.69 Å². The van der Waals surface area contributed by atoms with E-state index in [9.17, 15) is 13.2 Å². The summed E-state index contributed by atoms with van der Waals surface area (Å²) in [5.74, 6) is -0.0606. The van der Waals surface area contributed by atoms with E-state index >= 15 is 0 Å². The van der Waals surface area contributed by atoms with Gasteiger partial charge in [0.2, 0.25) is 0 Å². The topological polar surface area (TPSA) is 66.5 Å². The lowest BCUT2D eigenvalue weighted by Gasteiger charge is -2.23. The number of rotatable bonds is 4. The van der Waals surface area contributed by atoms with Crippen molar-refractivity contribution in [2.24, 2.45) is 0 Å². The zero-order chi connectivity index (χ0) is 19.7. The number of aryl methyl sites for hydroxylation is 1. The van der Waals surface area contributed by atoms with Gasteiger partial charge < -0.3 is 5.32 Å². The number of carbonyl (C=O) groups is 1. The Labute approximate surface area is 166 Å². The first-order chi connectivity index (χ1) is 13.4. The van der Waals surface area contributed by atoms with Crippen LogP contribution in [0.15, 0.2) is 47.4 Å². The van der Waals surface area contributed by atoms with Gasteiger partial charge >= 0.3 is 0 Å². The number of hydrogen-bond acceptors (Lipinski definition) is 3. The van der Waals surface area contributed by atoms with Gasteiger partial charge in [0.1, 0.15) is 0 Å². The molecule has 0 unspecified atom stereocenters. The van der Waals surface area contributed by atoms with Gasteiger partial charge in [0.25, 0.3) is 15.9 Å². The highest BCUT2D eigenvalue weighted by atomic mass is 32.2. The molecule has 28 heavy (non-hydrogen) atoms. The molecule has 1 aliphatic heterocycles. The average molecular weight is 399 g/mol. The van der Waals surface area contributed by atoms with E-state index in [1.807, 2.05) is 25.1 Å². The molecule has 0 bridgehead atoms. The number of sulfonamides is 1. The van der Waals surface area contributed by atoms with Gasteiger partial charge in [0.15, 0.2) is 0 Å². The first-order valence-corrected chi connectivity index (χ1v) is 11.4. The van der Waals surface area contributed by atoms with Crippen molar-refractivity contribution in [1.29, 1.82) is 0 Å². The molecule has 0 saturated heterocycles. The Morgan fingerprint density at radius 2 is 1.75 bits per heavy atom. The van der Waals surface area contributed by atoms with Gasteiger partial charge in [-0.05, 0) is 62.1 Å². The highest BCUT2D eigenvalue weighted by Gasteiger charge is 2.31. The molecular formula is C22H26N2O3S. The van der Waals surface area contributed by atoms with Crippen LogP contribution >= 0.6 is 0 Å². The normalized spacial score (nSPS) is 17.4. The maximum atomic E-state index is 13.0. The number of fused-ring (bicyclic) bond motifs is 1. The molecule has 1 aliphatic carbocycles. The Hall–Kier alpha value is -2.34. The summed E-state index contributed by atoms with van der Waals surface area (Å²) < 4.78 is 27.5. The number of nitrogens with one attached hydrogen (secondary N) is 1. The summed E-state index contributed by atoms with van der Waals surface area (Å²) in [5, 5.41) is 3.13. The van der Waals surface area contributed by atoms with Gasteiger partial charge in [-0.15, -0.1) is 0 Å². The minimum absolute atomic E-state index is 0.0606. The lowest BCUT2D eigenvalue weighted by molar-refractivity contribution is 0.0927. The molecule has 0 spiro atoms. The van der Waals surface area contributed by atoms with Crippen LogP contribution in [0.5, 0.6) is 0 Å². The summed E-state index contributed by atoms with van der Waals surface area (Å²) in [4.78, 5) is 12.9. The van der Waals surface area contributed by atoms with Crippen molar-refractivity contribution in [2.45, 2.75) is 56.4 Å². The number of carbonyl (C=O) groups excluding carboxylic acids is 1. The third-order valence-electron chi connectivity index (χ3n) is 5.74. The van der Waals surface area contributed by atoms with Crippen LogP contribution in [0.2, 0.25) is 0 Å². The molecule has 4 rings (SSSR count). The number of anilines is 1. The molecule has 0 atom stereocenters. The highest BCUT2D eigenvalue weighted by Crippen LogP contribution is 2.33. The Morgan fingerprint density at radius 3 is 2.46 bits per heavy atom. The summed E-state index contributed by atoms with van der Waals surface area (Å²) in [5.41, 5.74) is 3.22. The van der Waals surface area contributed by atoms with E-state index in [-0.39, 0.29) is 11.9 Å². The number of nitrogens with zero attached hydrogens (tertiary/aromatic N) is 1. The number of amides is 1. The van der Waals surface area contributed by atoms with E-state index in [0.717, 1.165) is 24.0 Å². The van der Waals surface area contributed by atoms with Crippen LogP contribution < -0.4 is 9.62 Å². The van der Waals surface area contributed by atoms with Gasteiger partial charge in [-0.1, -0.05) is 37.0 Å². The molecule has 0 radical (unpaired) electrons. The van der Waals surface area contributed by atoms with Crippen molar-refractivity contribution >= 4 is 21.6 Å². The second-order valence-corrected chi connectivity index (χ2v) is 9.65. The molecule has 1 fully saturated rings. The minimum Gasteiger partial charge on any atom is -0.349 e. The van der Waals surface area contributed by atoms with E-state index in [1.165, 1.54) is 23.6 Å². The highest BCUT2D eigenvalue weighted by molar-refractivity contribution is 7.92. The summed E-state index contributed by atoms with van der Waals surface area (Å²) in [6.07, 6.45) is 6.28. The molecule has 2 aliphatic rings. The van der Waals surface area contributed by atoms with Crippen molar-refractivity contribution in [2.75, 3.05) is 10.8 Å². The van der Waals surface area contributed by atoms with Gasteiger partial charge in [0, 0.05) is 18.2 Å². The first kappa shape index (κ1) is 19.0. The smallest absolute Gasteiger partial charge is 0.264 e. The minimum atomic E-state index is -3.59. The predicted octanol–water partition coefficient (Wildman–Crippen LogP) is 3.81. The van der Waals surface area contributed by atoms with Crippen LogP contribution in [0.25, 0.3) is 0 Å². The molecule has 0 aromatic heterocycles. The zero-order valence-corrected chi connectivity index (χ0v) is 17.0. The Kier molecular flexibility index (Phi) is 5.15. The Balaban J connectivity index is 1.54. The lowest BCUT2D eigenvalue weighted by atomic mass is 9.95. The first-order valence-electron chi connectivity index (χ1n) is 9.98. The number of benzene rings is 2. The molecule has 5 nitrogen and oxygen atoms in total. The fourth-order valence-electron chi connectivity index (χ4n) is 4.12. The van der Waals surface area contributed by atoms with E-state index < -0.39 is 10.0 Å². The summed E-state index contributed by atoms with van der Waals surface area (Å²) in [6.45, 7) is 2.33. The third-order valence-corrected chi connectivity index (χ3v) is 7.57. The van der Waals surface area contributed by atoms with Crippen molar-refractivity contribution in [3.05, 3.63) is 59.2 Å². The lowest BCUT2D eigenvalue weighted by Crippen LogP contribution is -2.36. The fourth-order valence-corrected chi connectivity index (χ4v) is 5.62. The van der Waals surface area contributed by atoms with E-state index in [2.05, 4.69) is 5.32 Å². The van der Waals surface area contributed by atoms with Gasteiger partial charge in [-0.3, -0.25) is 9.10 Å². The van der Waals surface area contributed by atoms with E-state index in [4.69, 9.17) is 0 Å². The van der Waals surface area contributed by atoms with Crippen LogP contribution in [0.3, 0.4) is 0 Å². The molecular weight excluding hydrogens is 372 g/mol. The maximum absolute atomic E-state index is 13.0. The van der Waals surface area contributed by atoms with E-state index in [0.29, 0.717) is 29.1 Å². The van der Waals surface area contributed by atoms with Crippen LogP contribution in [-0.4, -0.2) is 26.9 Å². The fraction of sp³-hybridized carbons (Fsp3) is 0.409. The SMILES string of the molecule is Cc1ccc(S(=O)(=O)N2CCc3cc(C(=O)NC4CCCCC4)ccc32)cc1. The van der Waals surface area contributed by atoms with E-state index in [1.54, 1.807) is 24.3 Å². The number of hydrogen-bond donors (Lipinski definition) is 1. The predicted molar refractivity (Wildman–Crippen MR) is 110 cm³/mol. The van der Waals surface area contributed by atoms with Crippen molar-refractivity contribution in [3.8, 4) is 0 Å². The Morgan fingerprint density at radius 1 is 1.04 bits per heavy atom. The molecule has 148 valence electrons. The third kappa shape index (κ3) is 3.65. The van der Waals surface area contributed by atoms with Gasteiger partial charge in [-0.2, -0.15) is 0 Å². The molecule has 1 N–H and O–H groups in total. The molecule has 1 saturated carbocycles. The molecule has 2 aromatic rings. The molecule has 6 heteroatoms. The zero-order valence-electron chi connectivity index (χ0n) is 16.1. The summed E-state index contributed by atoms with van der Waals surface area (Å²) in [7, 11) is -3.59. The summed E-state index contributed by atoms with van der Waals surface area (Å²) >= 11 is 0. The van der Waals surface area contributed by atoms with Crippen molar-refractivity contribution in [1.82, 2.24) is 5.32 Å². The standard InChI is InChI=1S/C22H26N2O3S/c1-16-7-10-20(11-8-16)28(26,27)24-14-13-17-15-18(9-12-21(17)24)22(25)23-19-5-3-2-4-6-19/h7-12,15,19H,2-6,13-14H2,1H3,(H,23,25). The molecule has 1 heterocycles. The molecule has 2 aromatic carbocycles. The average Bonchev–Trinajstić information content (AvgIpc) is 3.13.